The Labute approximate surface area is 215 Å². The Kier molecular flexibility index (Phi) is 10.4. The van der Waals surface area contributed by atoms with E-state index in [1.807, 2.05) is 6.07 Å². The summed E-state index contributed by atoms with van der Waals surface area (Å²) in [5.41, 5.74) is 1.30. The van der Waals surface area contributed by atoms with E-state index in [9.17, 15) is 25.5 Å². The number of hydrogen-bond acceptors (Lipinski definition) is 11. The van der Waals surface area contributed by atoms with Crippen molar-refractivity contribution < 1.29 is 54.3 Å². The molecule has 11 heteroatoms. The monoisotopic (exact) mass is 524 g/mol. The van der Waals surface area contributed by atoms with Crippen molar-refractivity contribution in [3.05, 3.63) is 47.5 Å². The molecule has 0 saturated carbocycles. The van der Waals surface area contributed by atoms with Crippen LogP contribution in [0.5, 0.6) is 23.0 Å². The van der Waals surface area contributed by atoms with Crippen LogP contribution in [0.25, 0.3) is 0 Å². The summed E-state index contributed by atoms with van der Waals surface area (Å²) >= 11 is 0. The molecule has 0 aliphatic carbocycles. The van der Waals surface area contributed by atoms with Crippen molar-refractivity contribution in [3.63, 3.8) is 0 Å². The number of aliphatic hydroxyl groups is 6. The van der Waals surface area contributed by atoms with Gasteiger partial charge in [-0.3, -0.25) is 0 Å². The first-order valence-corrected chi connectivity index (χ1v) is 12.0. The number of rotatable bonds is 12. The first kappa shape index (κ1) is 28.9. The molecule has 1 aliphatic rings. The fraction of sp³-hybridized carbons (Fsp3) is 0.538. The van der Waals surface area contributed by atoms with Crippen molar-refractivity contribution >= 4 is 0 Å². The highest BCUT2D eigenvalue weighted by Crippen LogP contribution is 2.36. The van der Waals surface area contributed by atoms with Gasteiger partial charge in [-0.15, -0.1) is 0 Å². The fourth-order valence-corrected chi connectivity index (χ4v) is 4.03. The lowest BCUT2D eigenvalue weighted by Crippen LogP contribution is -2.58. The van der Waals surface area contributed by atoms with Crippen LogP contribution in [0.1, 0.15) is 30.6 Å². The lowest BCUT2D eigenvalue weighted by molar-refractivity contribution is -0.268. The van der Waals surface area contributed by atoms with Gasteiger partial charge in [0.25, 0.3) is 0 Å². The Morgan fingerprint density at radius 1 is 0.865 bits per heavy atom. The van der Waals surface area contributed by atoms with Gasteiger partial charge in [0.15, 0.2) is 29.1 Å². The van der Waals surface area contributed by atoms with Gasteiger partial charge in [-0.25, -0.2) is 0 Å². The Morgan fingerprint density at radius 3 is 2.19 bits per heavy atom. The van der Waals surface area contributed by atoms with Crippen LogP contribution >= 0.6 is 0 Å². The molecule has 1 aliphatic heterocycles. The molecule has 6 N–H and O–H groups in total. The second kappa shape index (κ2) is 13.2. The molecule has 2 aromatic rings. The van der Waals surface area contributed by atoms with Gasteiger partial charge in [-0.1, -0.05) is 12.1 Å². The van der Waals surface area contributed by atoms with E-state index in [1.54, 1.807) is 19.1 Å². The minimum absolute atomic E-state index is 0.0745. The van der Waals surface area contributed by atoms with Gasteiger partial charge in [0, 0.05) is 6.61 Å². The zero-order chi connectivity index (χ0) is 27.1. The Balaban J connectivity index is 1.76. The van der Waals surface area contributed by atoms with Gasteiger partial charge in [-0.05, 0) is 55.2 Å². The third-order valence-electron chi connectivity index (χ3n) is 6.24. The highest BCUT2D eigenvalue weighted by Gasteiger charge is 2.43. The molecule has 206 valence electrons. The minimum atomic E-state index is -1.50. The summed E-state index contributed by atoms with van der Waals surface area (Å²) in [6.07, 6.45) is -7.30. The van der Waals surface area contributed by atoms with Crippen molar-refractivity contribution in [2.45, 2.75) is 62.7 Å². The summed E-state index contributed by atoms with van der Waals surface area (Å²) in [6.45, 7) is 1.11. The summed E-state index contributed by atoms with van der Waals surface area (Å²) in [5.74, 6) is 1.12. The third-order valence-corrected chi connectivity index (χ3v) is 6.24. The number of hydrogen-bond donors (Lipinski definition) is 6. The first-order valence-electron chi connectivity index (χ1n) is 12.0. The van der Waals surface area contributed by atoms with Crippen molar-refractivity contribution in [1.29, 1.82) is 0 Å². The van der Waals surface area contributed by atoms with E-state index in [-0.39, 0.29) is 18.1 Å². The van der Waals surface area contributed by atoms with Gasteiger partial charge in [0.2, 0.25) is 6.29 Å². The third kappa shape index (κ3) is 6.82. The van der Waals surface area contributed by atoms with Gasteiger partial charge in [-0.2, -0.15) is 0 Å². The minimum Gasteiger partial charge on any atom is -0.493 e. The molecule has 1 heterocycles. The van der Waals surface area contributed by atoms with E-state index in [1.165, 1.54) is 32.4 Å². The Bertz CT molecular complexity index is 1000. The molecule has 1 fully saturated rings. The summed E-state index contributed by atoms with van der Waals surface area (Å²) in [7, 11) is 2.88. The van der Waals surface area contributed by atoms with Gasteiger partial charge in [0.1, 0.15) is 24.4 Å². The van der Waals surface area contributed by atoms with Gasteiger partial charge in [0.05, 0.1) is 26.9 Å². The van der Waals surface area contributed by atoms with Crippen LogP contribution in [-0.2, 0) is 11.2 Å². The van der Waals surface area contributed by atoms with E-state index in [0.717, 1.165) is 5.56 Å². The predicted molar refractivity (Wildman–Crippen MR) is 131 cm³/mol. The number of ether oxygens (including phenoxy) is 5. The smallest absolute Gasteiger partial charge is 0.229 e. The van der Waals surface area contributed by atoms with E-state index < -0.39 is 49.5 Å². The van der Waals surface area contributed by atoms with Crippen LogP contribution < -0.4 is 18.9 Å². The molecular weight excluding hydrogens is 488 g/mol. The predicted octanol–water partition coefficient (Wildman–Crippen LogP) is 0.308. The molecule has 37 heavy (non-hydrogen) atoms. The summed E-state index contributed by atoms with van der Waals surface area (Å²) in [6, 6.07) is 9.79. The van der Waals surface area contributed by atoms with Crippen molar-refractivity contribution in [3.8, 4) is 23.0 Å². The van der Waals surface area contributed by atoms with Crippen molar-refractivity contribution in [2.24, 2.45) is 0 Å². The molecule has 0 aromatic heterocycles. The van der Waals surface area contributed by atoms with Gasteiger partial charge < -0.3 is 54.3 Å². The highest BCUT2D eigenvalue weighted by molar-refractivity contribution is 5.45. The molecule has 0 radical (unpaired) electrons. The zero-order valence-corrected chi connectivity index (χ0v) is 21.1. The SMILES string of the molecule is COc1cc(CCCO)ccc1OC(CO)C(O)c1ccc(O[C@@H]2O[C@@H](C)[C@H](O)[C@@H](O)[C@H]2O)c(OC)c1. The molecule has 1 saturated heterocycles. The van der Waals surface area contributed by atoms with Crippen LogP contribution in [0.3, 0.4) is 0 Å². The maximum absolute atomic E-state index is 11.0. The molecule has 0 spiro atoms. The normalized spacial score (nSPS) is 25.3. The molecule has 0 amide bonds. The van der Waals surface area contributed by atoms with Crippen LogP contribution in [0.2, 0.25) is 0 Å². The number of benzene rings is 2. The van der Waals surface area contributed by atoms with Crippen LogP contribution in [-0.4, -0.2) is 94.9 Å². The first-order chi connectivity index (χ1) is 17.7. The van der Waals surface area contributed by atoms with Crippen LogP contribution in [0, 0.1) is 0 Å². The fourth-order valence-electron chi connectivity index (χ4n) is 4.03. The van der Waals surface area contributed by atoms with E-state index in [0.29, 0.717) is 29.9 Å². The average molecular weight is 525 g/mol. The second-order valence-corrected chi connectivity index (χ2v) is 8.81. The zero-order valence-electron chi connectivity index (χ0n) is 21.1. The lowest BCUT2D eigenvalue weighted by atomic mass is 10.00. The lowest BCUT2D eigenvalue weighted by Gasteiger charge is -2.39. The summed E-state index contributed by atoms with van der Waals surface area (Å²) in [5, 5.41) is 60.1. The molecule has 11 nitrogen and oxygen atoms in total. The maximum atomic E-state index is 11.0. The molecule has 3 rings (SSSR count). The summed E-state index contributed by atoms with van der Waals surface area (Å²) < 4.78 is 27.8. The van der Waals surface area contributed by atoms with E-state index >= 15 is 0 Å². The Hall–Kier alpha value is -2.64. The molecular formula is C26H36O11. The van der Waals surface area contributed by atoms with Crippen molar-refractivity contribution in [2.75, 3.05) is 27.4 Å². The van der Waals surface area contributed by atoms with E-state index in [4.69, 9.17) is 28.8 Å². The molecule has 0 bridgehead atoms. The standard InChI is InChI=1S/C26H36O11/c1-14-22(29)24(31)25(32)26(35-14)37-18-9-7-16(12-20(18)34-3)23(30)21(13-28)36-17-8-6-15(5-4-10-27)11-19(17)33-2/h6-9,11-12,14,21-32H,4-5,10,13H2,1-3H3/t14-,21?,22-,23?,24+,25+,26-/m0/s1. The maximum Gasteiger partial charge on any atom is 0.229 e. The average Bonchev–Trinajstić information content (AvgIpc) is 2.92. The quantitative estimate of drug-likeness (QED) is 0.226. The molecule has 2 aromatic carbocycles. The topological polar surface area (TPSA) is 168 Å². The molecule has 7 atom stereocenters. The van der Waals surface area contributed by atoms with Gasteiger partial charge >= 0.3 is 0 Å². The van der Waals surface area contributed by atoms with E-state index in [2.05, 4.69) is 0 Å². The molecule has 2 unspecified atom stereocenters. The van der Waals surface area contributed by atoms with Crippen LogP contribution in [0.4, 0.5) is 0 Å². The number of aliphatic hydroxyl groups excluding tert-OH is 6. The second-order valence-electron chi connectivity index (χ2n) is 8.81. The summed E-state index contributed by atoms with van der Waals surface area (Å²) in [4.78, 5) is 0. The van der Waals surface area contributed by atoms with Crippen molar-refractivity contribution in [1.82, 2.24) is 0 Å². The Morgan fingerprint density at radius 2 is 1.54 bits per heavy atom. The van der Waals surface area contributed by atoms with Crippen LogP contribution in [0.15, 0.2) is 36.4 Å². The largest absolute Gasteiger partial charge is 0.493 e. The highest BCUT2D eigenvalue weighted by atomic mass is 16.7. The number of aryl methyl sites for hydroxylation is 1. The number of methoxy groups -OCH3 is 2.